The smallest absolute Gasteiger partial charge is 0.0471 e. The molecular formula is C10H11BrN2. The summed E-state index contributed by atoms with van der Waals surface area (Å²) < 4.78 is 1.11. The molecule has 0 aliphatic heterocycles. The lowest BCUT2D eigenvalue weighted by Gasteiger charge is -1.99. The van der Waals surface area contributed by atoms with Crippen LogP contribution in [0.5, 0.6) is 0 Å². The van der Waals surface area contributed by atoms with Crippen LogP contribution in [0.25, 0.3) is 10.9 Å². The third-order valence-electron chi connectivity index (χ3n) is 2.29. The highest BCUT2D eigenvalue weighted by molar-refractivity contribution is 9.10. The zero-order chi connectivity index (χ0) is 9.59. The van der Waals surface area contributed by atoms with Crippen LogP contribution in [0.4, 0.5) is 5.69 Å². The lowest BCUT2D eigenvalue weighted by molar-refractivity contribution is 1.28. The van der Waals surface area contributed by atoms with Gasteiger partial charge in [-0.2, -0.15) is 0 Å². The van der Waals surface area contributed by atoms with Gasteiger partial charge in [-0.15, -0.1) is 0 Å². The molecule has 3 heteroatoms. The Morgan fingerprint density at radius 3 is 2.69 bits per heavy atom. The first-order valence-electron chi connectivity index (χ1n) is 4.13. The third-order valence-corrected chi connectivity index (χ3v) is 3.32. The number of anilines is 1. The van der Waals surface area contributed by atoms with E-state index in [0.717, 1.165) is 32.3 Å². The molecule has 0 spiro atoms. The van der Waals surface area contributed by atoms with Crippen molar-refractivity contribution in [2.75, 3.05) is 5.73 Å². The van der Waals surface area contributed by atoms with Crippen LogP contribution < -0.4 is 5.73 Å². The monoisotopic (exact) mass is 238 g/mol. The second-order valence-electron chi connectivity index (χ2n) is 3.32. The molecule has 0 aliphatic rings. The zero-order valence-corrected chi connectivity index (χ0v) is 9.20. The molecule has 0 amide bonds. The maximum absolute atomic E-state index is 5.83. The normalized spacial score (nSPS) is 11.0. The Kier molecular flexibility index (Phi) is 1.84. The lowest BCUT2D eigenvalue weighted by Crippen LogP contribution is -1.88. The van der Waals surface area contributed by atoms with Crippen molar-refractivity contribution in [3.63, 3.8) is 0 Å². The molecule has 2 aromatic rings. The van der Waals surface area contributed by atoms with E-state index in [4.69, 9.17) is 5.73 Å². The molecule has 13 heavy (non-hydrogen) atoms. The third kappa shape index (κ3) is 1.23. The van der Waals surface area contributed by atoms with E-state index in [1.54, 1.807) is 0 Å². The number of hydrogen-bond donors (Lipinski definition) is 2. The number of aromatic nitrogens is 1. The fourth-order valence-electron chi connectivity index (χ4n) is 1.47. The number of aromatic amines is 1. The molecule has 2 nitrogen and oxygen atoms in total. The fraction of sp³-hybridized carbons (Fsp3) is 0.200. The summed E-state index contributed by atoms with van der Waals surface area (Å²) in [5.41, 5.74) is 10.1. The Morgan fingerprint density at radius 2 is 2.00 bits per heavy atom. The minimum absolute atomic E-state index is 0.840. The molecule has 2 rings (SSSR count). The molecule has 3 N–H and O–H groups in total. The van der Waals surface area contributed by atoms with Gasteiger partial charge in [0.1, 0.15) is 0 Å². The van der Waals surface area contributed by atoms with E-state index < -0.39 is 0 Å². The number of fused-ring (bicyclic) bond motifs is 1. The van der Waals surface area contributed by atoms with Crippen molar-refractivity contribution < 1.29 is 0 Å². The highest BCUT2D eigenvalue weighted by atomic mass is 79.9. The second-order valence-corrected chi connectivity index (χ2v) is 4.11. The highest BCUT2D eigenvalue weighted by Gasteiger charge is 2.06. The molecule has 1 heterocycles. The van der Waals surface area contributed by atoms with Gasteiger partial charge in [-0.05, 0) is 47.5 Å². The molecule has 1 aromatic heterocycles. The minimum Gasteiger partial charge on any atom is -0.398 e. The number of nitrogens with one attached hydrogen (secondary N) is 1. The molecule has 0 radical (unpaired) electrons. The van der Waals surface area contributed by atoms with Gasteiger partial charge in [0.25, 0.3) is 0 Å². The van der Waals surface area contributed by atoms with Crippen LogP contribution in [0, 0.1) is 13.8 Å². The first-order chi connectivity index (χ1) is 6.09. The summed E-state index contributed by atoms with van der Waals surface area (Å²) in [4.78, 5) is 3.29. The number of H-pyrrole nitrogens is 1. The van der Waals surface area contributed by atoms with E-state index in [1.165, 1.54) is 0 Å². The minimum atomic E-state index is 0.840. The predicted molar refractivity (Wildman–Crippen MR) is 59.9 cm³/mol. The first kappa shape index (κ1) is 8.63. The van der Waals surface area contributed by atoms with Gasteiger partial charge in [0.2, 0.25) is 0 Å². The lowest BCUT2D eigenvalue weighted by atomic mass is 10.1. The van der Waals surface area contributed by atoms with Crippen molar-refractivity contribution >= 4 is 32.5 Å². The number of hydrogen-bond acceptors (Lipinski definition) is 1. The summed E-state index contributed by atoms with van der Waals surface area (Å²) in [5.74, 6) is 0. The van der Waals surface area contributed by atoms with Crippen LogP contribution in [-0.2, 0) is 0 Å². The summed E-state index contributed by atoms with van der Waals surface area (Å²) in [5, 5.41) is 1.15. The molecule has 68 valence electrons. The van der Waals surface area contributed by atoms with Gasteiger partial charge >= 0.3 is 0 Å². The van der Waals surface area contributed by atoms with Gasteiger partial charge < -0.3 is 10.7 Å². The van der Waals surface area contributed by atoms with Crippen LogP contribution in [0.2, 0.25) is 0 Å². The van der Waals surface area contributed by atoms with Gasteiger partial charge in [0, 0.05) is 26.8 Å². The summed E-state index contributed by atoms with van der Waals surface area (Å²) in [6.07, 6.45) is 0. The van der Waals surface area contributed by atoms with Crippen molar-refractivity contribution in [2.24, 2.45) is 0 Å². The Balaban J connectivity index is 2.89. The molecule has 0 saturated heterocycles. The molecular weight excluding hydrogens is 228 g/mol. The van der Waals surface area contributed by atoms with Gasteiger partial charge in [0.15, 0.2) is 0 Å². The first-order valence-corrected chi connectivity index (χ1v) is 4.93. The van der Waals surface area contributed by atoms with E-state index in [0.29, 0.717) is 0 Å². The number of nitrogens with two attached hydrogens (primary N) is 1. The Morgan fingerprint density at radius 1 is 1.31 bits per heavy atom. The molecule has 0 aliphatic carbocycles. The van der Waals surface area contributed by atoms with Crippen molar-refractivity contribution in [2.45, 2.75) is 13.8 Å². The quantitative estimate of drug-likeness (QED) is 0.681. The number of halogens is 1. The highest BCUT2D eigenvalue weighted by Crippen LogP contribution is 2.30. The van der Waals surface area contributed by atoms with Crippen LogP contribution in [-0.4, -0.2) is 4.98 Å². The van der Waals surface area contributed by atoms with Crippen molar-refractivity contribution in [1.82, 2.24) is 4.98 Å². The van der Waals surface area contributed by atoms with Gasteiger partial charge in [-0.3, -0.25) is 0 Å². The number of benzene rings is 1. The van der Waals surface area contributed by atoms with Crippen molar-refractivity contribution in [3.8, 4) is 0 Å². The Hall–Kier alpha value is -0.960. The van der Waals surface area contributed by atoms with Crippen LogP contribution >= 0.6 is 15.9 Å². The molecule has 0 fully saturated rings. The second kappa shape index (κ2) is 2.77. The van der Waals surface area contributed by atoms with Crippen LogP contribution in [0.3, 0.4) is 0 Å². The summed E-state index contributed by atoms with van der Waals surface area (Å²) >= 11 is 3.52. The van der Waals surface area contributed by atoms with E-state index in [9.17, 15) is 0 Å². The molecule has 0 saturated carbocycles. The summed E-state index contributed by atoms with van der Waals surface area (Å²) in [6, 6.07) is 4.07. The van der Waals surface area contributed by atoms with E-state index in [1.807, 2.05) is 19.9 Å². The van der Waals surface area contributed by atoms with Crippen molar-refractivity contribution in [3.05, 3.63) is 27.9 Å². The summed E-state index contributed by atoms with van der Waals surface area (Å²) in [6.45, 7) is 4.05. The summed E-state index contributed by atoms with van der Waals surface area (Å²) in [7, 11) is 0. The topological polar surface area (TPSA) is 41.8 Å². The standard InChI is InChI=1S/C10H11BrN2/c1-5-3-9-7(4-8(5)12)10(11)6(2)13-9/h3-4,13H,12H2,1-2H3. The number of rotatable bonds is 0. The van der Waals surface area contributed by atoms with Gasteiger partial charge in [0.05, 0.1) is 0 Å². The van der Waals surface area contributed by atoms with Gasteiger partial charge in [-0.1, -0.05) is 0 Å². The largest absolute Gasteiger partial charge is 0.398 e. The molecule has 0 atom stereocenters. The molecule has 0 bridgehead atoms. The van der Waals surface area contributed by atoms with E-state index in [-0.39, 0.29) is 0 Å². The Labute approximate surface area is 85.3 Å². The van der Waals surface area contributed by atoms with E-state index in [2.05, 4.69) is 27.0 Å². The predicted octanol–water partition coefficient (Wildman–Crippen LogP) is 3.13. The molecule has 0 unspecified atom stereocenters. The maximum atomic E-state index is 5.83. The average molecular weight is 239 g/mol. The average Bonchev–Trinajstić information content (AvgIpc) is 2.32. The zero-order valence-electron chi connectivity index (χ0n) is 7.61. The van der Waals surface area contributed by atoms with Crippen molar-refractivity contribution in [1.29, 1.82) is 0 Å². The van der Waals surface area contributed by atoms with Crippen LogP contribution in [0.1, 0.15) is 11.3 Å². The SMILES string of the molecule is Cc1cc2[nH]c(C)c(Br)c2cc1N. The van der Waals surface area contributed by atoms with E-state index >= 15 is 0 Å². The molecule has 1 aromatic carbocycles. The maximum Gasteiger partial charge on any atom is 0.0471 e. The fourth-order valence-corrected chi connectivity index (χ4v) is 1.90. The number of nitrogen functional groups attached to an aromatic ring is 1. The van der Waals surface area contributed by atoms with Crippen LogP contribution in [0.15, 0.2) is 16.6 Å². The van der Waals surface area contributed by atoms with Gasteiger partial charge in [-0.25, -0.2) is 0 Å². The Bertz CT molecular complexity index is 471. The number of aryl methyl sites for hydroxylation is 2.